The Morgan fingerprint density at radius 3 is 0.778 bits per heavy atom. The summed E-state index contributed by atoms with van der Waals surface area (Å²) in [6.45, 7) is 0. The third-order valence-corrected chi connectivity index (χ3v) is 0. The van der Waals surface area contributed by atoms with Gasteiger partial charge in [0.15, 0.2) is 0 Å². The van der Waals surface area contributed by atoms with Crippen LogP contribution in [0.2, 0.25) is 0 Å². The first-order valence-corrected chi connectivity index (χ1v) is 4.12. The van der Waals surface area contributed by atoms with Crippen molar-refractivity contribution < 1.29 is 53.7 Å². The van der Waals surface area contributed by atoms with Crippen LogP contribution in [0.1, 0.15) is 0 Å². The predicted octanol–water partition coefficient (Wildman–Crippen LogP) is -4.92. The van der Waals surface area contributed by atoms with Crippen molar-refractivity contribution in [1.82, 2.24) is 0 Å². The van der Waals surface area contributed by atoms with Gasteiger partial charge in [-0.15, -0.1) is 0 Å². The van der Waals surface area contributed by atoms with Crippen LogP contribution < -0.4 is 16.6 Å². The van der Waals surface area contributed by atoms with E-state index in [9.17, 15) is 0 Å². The van der Waals surface area contributed by atoms with Gasteiger partial charge >= 0.3 is 61.2 Å². The summed E-state index contributed by atoms with van der Waals surface area (Å²) < 4.78 is 51.2. The Hall–Kier alpha value is 0.505. The summed E-state index contributed by atoms with van der Waals surface area (Å²) in [5.41, 5.74) is 0. The molecule has 0 N–H and O–H groups in total. The van der Waals surface area contributed by atoms with Gasteiger partial charge in [-0.2, -0.15) is 0 Å². The van der Waals surface area contributed by atoms with Crippen LogP contribution in [0.5, 0.6) is 0 Å². The van der Waals surface area contributed by atoms with Crippen molar-refractivity contribution in [2.45, 2.75) is 0 Å². The fraction of sp³-hybridized carbons (Fsp3) is 0. The Bertz CT molecular complexity index is 69.1. The minimum absolute atomic E-state index is 0. The van der Waals surface area contributed by atoms with Crippen molar-refractivity contribution in [1.29, 1.82) is 0 Å². The topological polar surface area (TPSA) is 126 Å². The van der Waals surface area contributed by atoms with Crippen LogP contribution in [0.25, 0.3) is 0 Å². The Morgan fingerprint density at radius 1 is 0.778 bits per heavy atom. The Labute approximate surface area is 61.5 Å². The standard InChI is InChI=1S/C.2Cr.6O/q+4;;;;;4*-1. The second-order valence-corrected chi connectivity index (χ2v) is 1.68. The molecule has 8 heteroatoms. The van der Waals surface area contributed by atoms with Crippen LogP contribution in [0.3, 0.4) is 0 Å². The maximum atomic E-state index is 8.54. The number of hydrogen-bond acceptors (Lipinski definition) is 6. The average molecular weight is 212 g/mol. The first-order valence-electron chi connectivity index (χ1n) is 1.00. The van der Waals surface area contributed by atoms with Crippen LogP contribution in [-0.2, 0) is 37.1 Å². The fourth-order valence-electron chi connectivity index (χ4n) is 0. The van der Waals surface area contributed by atoms with Crippen LogP contribution >= 0.6 is 0 Å². The second-order valence-electron chi connectivity index (χ2n) is 0.408. The molecule has 0 unspecified atom stereocenters. The van der Waals surface area contributed by atoms with Crippen molar-refractivity contribution in [3.8, 4) is 0 Å². The van der Waals surface area contributed by atoms with E-state index in [-0.39, 0.29) is 7.43 Å². The average Bonchev–Trinajstić information content (AvgIpc) is 1.25. The molecule has 0 heterocycles. The van der Waals surface area contributed by atoms with Gasteiger partial charge in [-0.05, 0) is 0 Å². The minimum atomic E-state index is -3.79. The van der Waals surface area contributed by atoms with Crippen molar-refractivity contribution in [3.05, 3.63) is 7.43 Å². The molecule has 0 amide bonds. The van der Waals surface area contributed by atoms with E-state index in [1.807, 2.05) is 0 Å². The molecule has 0 spiro atoms. The van der Waals surface area contributed by atoms with E-state index in [4.69, 9.17) is 24.2 Å². The molecule has 0 aliphatic carbocycles. The molecule has 9 heavy (non-hydrogen) atoms. The molecule has 0 atom stereocenters. The molecule has 0 bridgehead atoms. The van der Waals surface area contributed by atoms with Gasteiger partial charge < -0.3 is 0 Å². The van der Waals surface area contributed by atoms with Gasteiger partial charge in [0.25, 0.3) is 0 Å². The van der Waals surface area contributed by atoms with E-state index in [1.165, 1.54) is 0 Å². The van der Waals surface area contributed by atoms with Gasteiger partial charge in [0, 0.05) is 0 Å². The monoisotopic (exact) mass is 212 g/mol. The molecule has 0 aliphatic rings. The van der Waals surface area contributed by atoms with E-state index in [1.54, 1.807) is 0 Å². The van der Waals surface area contributed by atoms with Crippen molar-refractivity contribution >= 4 is 0 Å². The van der Waals surface area contributed by atoms with Gasteiger partial charge in [-0.1, -0.05) is 0 Å². The van der Waals surface area contributed by atoms with E-state index in [0.717, 1.165) is 0 Å². The van der Waals surface area contributed by atoms with Gasteiger partial charge in [0.2, 0.25) is 0 Å². The van der Waals surface area contributed by atoms with Gasteiger partial charge in [-0.3, -0.25) is 0 Å². The molecule has 0 saturated heterocycles. The van der Waals surface area contributed by atoms with Crippen LogP contribution in [-0.4, -0.2) is 0 Å². The summed E-state index contributed by atoms with van der Waals surface area (Å²) in [7, 11) is 0. The molecule has 0 aromatic heterocycles. The zero-order valence-corrected chi connectivity index (χ0v) is 6.32. The van der Waals surface area contributed by atoms with Crippen molar-refractivity contribution in [2.75, 3.05) is 0 Å². The van der Waals surface area contributed by atoms with Crippen LogP contribution in [0.15, 0.2) is 0 Å². The molecule has 0 rings (SSSR count). The van der Waals surface area contributed by atoms with E-state index >= 15 is 0 Å². The third kappa shape index (κ3) is 1410. The summed E-state index contributed by atoms with van der Waals surface area (Å²) in [5.74, 6) is 0. The number of hydrogen-bond donors (Lipinski definition) is 0. The van der Waals surface area contributed by atoms with Crippen LogP contribution in [0, 0.1) is 7.43 Å². The first kappa shape index (κ1) is 16.2. The quantitative estimate of drug-likeness (QED) is 0.396. The van der Waals surface area contributed by atoms with E-state index < -0.39 is 29.5 Å². The molecular formula is CCr2O6. The zero-order valence-electron chi connectivity index (χ0n) is 3.77. The summed E-state index contributed by atoms with van der Waals surface area (Å²) >= 11 is -7.58. The molecule has 0 fully saturated rings. The normalized spacial score (nSPS) is 7.78. The summed E-state index contributed by atoms with van der Waals surface area (Å²) in [6.07, 6.45) is 0. The van der Waals surface area contributed by atoms with Gasteiger partial charge in [-0.25, -0.2) is 0 Å². The molecule has 0 aliphatic heterocycles. The summed E-state index contributed by atoms with van der Waals surface area (Å²) in [4.78, 5) is 0. The van der Waals surface area contributed by atoms with E-state index in [0.29, 0.717) is 0 Å². The van der Waals surface area contributed by atoms with E-state index in [2.05, 4.69) is 0 Å². The molecule has 0 radical (unpaired) electrons. The maximum absolute atomic E-state index is 8.54. The number of rotatable bonds is 0. The predicted molar refractivity (Wildman–Crippen MR) is 4.62 cm³/mol. The third-order valence-electron chi connectivity index (χ3n) is 0. The first-order chi connectivity index (χ1) is 3.46. The molecule has 0 aromatic rings. The SMILES string of the molecule is [C+4].[O]=[Cr]([O-])[O-].[O]=[Cr]([O-])[O-]. The molecular weight excluding hydrogens is 212 g/mol. The zero-order chi connectivity index (χ0) is 7.15. The molecule has 6 nitrogen and oxygen atoms in total. The van der Waals surface area contributed by atoms with Crippen LogP contribution in [0.4, 0.5) is 0 Å². The Kier molecular flexibility index (Phi) is 20.4. The summed E-state index contributed by atoms with van der Waals surface area (Å²) in [5, 5.41) is 0. The van der Waals surface area contributed by atoms with Gasteiger partial charge in [0.1, 0.15) is 0 Å². The summed E-state index contributed by atoms with van der Waals surface area (Å²) in [6, 6.07) is 0. The van der Waals surface area contributed by atoms with Gasteiger partial charge in [0.05, 0.1) is 0 Å². The molecule has 52 valence electrons. The molecule has 0 saturated carbocycles. The Balaban J connectivity index is -0.0000000720. The molecule has 0 aromatic carbocycles. The van der Waals surface area contributed by atoms with Crippen molar-refractivity contribution in [3.63, 3.8) is 0 Å². The fourth-order valence-corrected chi connectivity index (χ4v) is 0. The second kappa shape index (κ2) is 11.3. The van der Waals surface area contributed by atoms with Crippen molar-refractivity contribution in [2.24, 2.45) is 0 Å². The Morgan fingerprint density at radius 2 is 0.778 bits per heavy atom.